The number of methoxy groups -OCH3 is 1. The molecule has 1 aliphatic carbocycles. The fourth-order valence-corrected chi connectivity index (χ4v) is 2.70. The molecule has 0 aromatic rings. The lowest BCUT2D eigenvalue weighted by molar-refractivity contribution is 0.0798. The molecule has 3 atom stereocenters. The third kappa shape index (κ3) is 2.47. The van der Waals surface area contributed by atoms with Crippen molar-refractivity contribution < 1.29 is 4.74 Å². The molecule has 0 aromatic heterocycles. The zero-order valence-corrected chi connectivity index (χ0v) is 9.09. The zero-order valence-electron chi connectivity index (χ0n) is 9.09. The SMILES string of the molecule is COC1CCCC1NC1CCCNC1. The Morgan fingerprint density at radius 1 is 1.21 bits per heavy atom. The van der Waals surface area contributed by atoms with E-state index in [2.05, 4.69) is 10.6 Å². The van der Waals surface area contributed by atoms with E-state index in [-0.39, 0.29) is 0 Å². The first kappa shape index (κ1) is 10.4. The second-order valence-electron chi connectivity index (χ2n) is 4.52. The lowest BCUT2D eigenvalue weighted by Gasteiger charge is -2.29. The monoisotopic (exact) mass is 198 g/mol. The van der Waals surface area contributed by atoms with Gasteiger partial charge < -0.3 is 15.4 Å². The Hall–Kier alpha value is -0.120. The predicted octanol–water partition coefficient (Wildman–Crippen LogP) is 0.896. The third-order valence-corrected chi connectivity index (χ3v) is 3.50. The number of hydrogen-bond donors (Lipinski definition) is 2. The van der Waals surface area contributed by atoms with Gasteiger partial charge >= 0.3 is 0 Å². The van der Waals surface area contributed by atoms with Gasteiger partial charge in [0.05, 0.1) is 6.10 Å². The normalized spacial score (nSPS) is 38.8. The van der Waals surface area contributed by atoms with Crippen LogP contribution in [0.15, 0.2) is 0 Å². The number of ether oxygens (including phenoxy) is 1. The van der Waals surface area contributed by atoms with Gasteiger partial charge in [0, 0.05) is 25.7 Å². The molecule has 0 spiro atoms. The molecular formula is C11H22N2O. The molecule has 0 bridgehead atoms. The van der Waals surface area contributed by atoms with Crippen LogP contribution < -0.4 is 10.6 Å². The Bertz CT molecular complexity index is 169. The first-order chi connectivity index (χ1) is 6.90. The molecule has 0 amide bonds. The maximum absolute atomic E-state index is 5.48. The maximum Gasteiger partial charge on any atom is 0.0724 e. The summed E-state index contributed by atoms with van der Waals surface area (Å²) in [5.41, 5.74) is 0. The van der Waals surface area contributed by atoms with Crippen molar-refractivity contribution in [3.63, 3.8) is 0 Å². The summed E-state index contributed by atoms with van der Waals surface area (Å²) < 4.78 is 5.48. The van der Waals surface area contributed by atoms with Crippen LogP contribution in [0, 0.1) is 0 Å². The Balaban J connectivity index is 1.77. The molecule has 0 aromatic carbocycles. The quantitative estimate of drug-likeness (QED) is 0.707. The van der Waals surface area contributed by atoms with Crippen molar-refractivity contribution in [1.82, 2.24) is 10.6 Å². The minimum atomic E-state index is 0.455. The number of rotatable bonds is 3. The number of nitrogens with one attached hydrogen (secondary N) is 2. The van der Waals surface area contributed by atoms with Gasteiger partial charge in [0.1, 0.15) is 0 Å². The largest absolute Gasteiger partial charge is 0.380 e. The maximum atomic E-state index is 5.48. The van der Waals surface area contributed by atoms with Gasteiger partial charge in [0.25, 0.3) is 0 Å². The van der Waals surface area contributed by atoms with E-state index < -0.39 is 0 Å². The molecule has 1 aliphatic heterocycles. The average Bonchev–Trinajstić information content (AvgIpc) is 2.67. The molecule has 2 N–H and O–H groups in total. The van der Waals surface area contributed by atoms with Crippen molar-refractivity contribution in [1.29, 1.82) is 0 Å². The summed E-state index contributed by atoms with van der Waals surface area (Å²) in [6, 6.07) is 1.27. The van der Waals surface area contributed by atoms with E-state index in [9.17, 15) is 0 Å². The van der Waals surface area contributed by atoms with E-state index in [0.29, 0.717) is 18.2 Å². The first-order valence-electron chi connectivity index (χ1n) is 5.89. The second-order valence-corrected chi connectivity index (χ2v) is 4.52. The van der Waals surface area contributed by atoms with Crippen LogP contribution in [0.1, 0.15) is 32.1 Å². The summed E-state index contributed by atoms with van der Waals surface area (Å²) in [6.07, 6.45) is 6.92. The standard InChI is InChI=1S/C11H22N2O/c1-14-11-6-2-5-10(11)13-9-4-3-7-12-8-9/h9-13H,2-8H2,1H3. The highest BCUT2D eigenvalue weighted by molar-refractivity contribution is 4.88. The lowest BCUT2D eigenvalue weighted by Crippen LogP contribution is -2.49. The van der Waals surface area contributed by atoms with Gasteiger partial charge in [-0.25, -0.2) is 0 Å². The molecule has 1 saturated heterocycles. The molecular weight excluding hydrogens is 176 g/mol. The molecule has 2 aliphatic rings. The van der Waals surface area contributed by atoms with Crippen LogP contribution in [0.5, 0.6) is 0 Å². The van der Waals surface area contributed by atoms with Crippen LogP contribution in [0.4, 0.5) is 0 Å². The van der Waals surface area contributed by atoms with E-state index in [0.717, 1.165) is 6.54 Å². The van der Waals surface area contributed by atoms with Crippen LogP contribution in [0.3, 0.4) is 0 Å². The fourth-order valence-electron chi connectivity index (χ4n) is 2.70. The van der Waals surface area contributed by atoms with E-state index in [1.807, 2.05) is 7.11 Å². The average molecular weight is 198 g/mol. The topological polar surface area (TPSA) is 33.3 Å². The van der Waals surface area contributed by atoms with Gasteiger partial charge in [-0.3, -0.25) is 0 Å². The fraction of sp³-hybridized carbons (Fsp3) is 1.00. The highest BCUT2D eigenvalue weighted by Gasteiger charge is 2.29. The molecule has 3 heteroatoms. The molecule has 3 unspecified atom stereocenters. The van der Waals surface area contributed by atoms with Gasteiger partial charge in [-0.05, 0) is 38.6 Å². The second kappa shape index (κ2) is 5.10. The first-order valence-corrected chi connectivity index (χ1v) is 5.89. The van der Waals surface area contributed by atoms with Gasteiger partial charge in [0.2, 0.25) is 0 Å². The van der Waals surface area contributed by atoms with Crippen LogP contribution >= 0.6 is 0 Å². The minimum Gasteiger partial charge on any atom is -0.380 e. The molecule has 14 heavy (non-hydrogen) atoms. The smallest absolute Gasteiger partial charge is 0.0724 e. The summed E-state index contributed by atoms with van der Waals surface area (Å²) in [5.74, 6) is 0. The van der Waals surface area contributed by atoms with E-state index in [1.54, 1.807) is 0 Å². The van der Waals surface area contributed by atoms with Gasteiger partial charge in [0.15, 0.2) is 0 Å². The summed E-state index contributed by atoms with van der Waals surface area (Å²) >= 11 is 0. The zero-order chi connectivity index (χ0) is 9.80. The van der Waals surface area contributed by atoms with Gasteiger partial charge in [-0.1, -0.05) is 0 Å². The molecule has 3 nitrogen and oxygen atoms in total. The van der Waals surface area contributed by atoms with Crippen LogP contribution in [0.25, 0.3) is 0 Å². The van der Waals surface area contributed by atoms with Gasteiger partial charge in [-0.2, -0.15) is 0 Å². The molecule has 82 valence electrons. The van der Waals surface area contributed by atoms with Crippen molar-refractivity contribution in [2.24, 2.45) is 0 Å². The number of hydrogen-bond acceptors (Lipinski definition) is 3. The van der Waals surface area contributed by atoms with Crippen molar-refractivity contribution in [3.05, 3.63) is 0 Å². The molecule has 1 saturated carbocycles. The van der Waals surface area contributed by atoms with Crippen molar-refractivity contribution in [3.8, 4) is 0 Å². The van der Waals surface area contributed by atoms with Gasteiger partial charge in [-0.15, -0.1) is 0 Å². The Morgan fingerprint density at radius 2 is 2.14 bits per heavy atom. The van der Waals surface area contributed by atoms with Crippen LogP contribution in [-0.4, -0.2) is 38.4 Å². The molecule has 1 heterocycles. The van der Waals surface area contributed by atoms with Crippen molar-refractivity contribution in [2.75, 3.05) is 20.2 Å². The van der Waals surface area contributed by atoms with Crippen molar-refractivity contribution >= 4 is 0 Å². The number of piperidine rings is 1. The van der Waals surface area contributed by atoms with Crippen LogP contribution in [-0.2, 0) is 4.74 Å². The molecule has 2 rings (SSSR count). The van der Waals surface area contributed by atoms with E-state index >= 15 is 0 Å². The van der Waals surface area contributed by atoms with Crippen LogP contribution in [0.2, 0.25) is 0 Å². The highest BCUT2D eigenvalue weighted by atomic mass is 16.5. The Labute approximate surface area is 86.6 Å². The highest BCUT2D eigenvalue weighted by Crippen LogP contribution is 2.22. The Kier molecular flexibility index (Phi) is 3.79. The third-order valence-electron chi connectivity index (χ3n) is 3.50. The molecule has 2 fully saturated rings. The lowest BCUT2D eigenvalue weighted by atomic mass is 10.1. The summed E-state index contributed by atoms with van der Waals surface area (Å²) in [5, 5.41) is 7.17. The molecule has 0 radical (unpaired) electrons. The Morgan fingerprint density at radius 3 is 2.86 bits per heavy atom. The summed E-state index contributed by atoms with van der Waals surface area (Å²) in [4.78, 5) is 0. The van der Waals surface area contributed by atoms with E-state index in [1.165, 1.54) is 38.6 Å². The predicted molar refractivity (Wildman–Crippen MR) is 57.5 cm³/mol. The summed E-state index contributed by atoms with van der Waals surface area (Å²) in [6.45, 7) is 2.32. The minimum absolute atomic E-state index is 0.455. The summed E-state index contributed by atoms with van der Waals surface area (Å²) in [7, 11) is 1.84. The van der Waals surface area contributed by atoms with E-state index in [4.69, 9.17) is 4.74 Å². The van der Waals surface area contributed by atoms with Crippen molar-refractivity contribution in [2.45, 2.75) is 50.3 Å².